The van der Waals surface area contributed by atoms with E-state index in [0.29, 0.717) is 23.6 Å². The van der Waals surface area contributed by atoms with Crippen LogP contribution in [-0.4, -0.2) is 36.3 Å². The number of likely N-dealkylation sites (tertiary alicyclic amines) is 1. The number of nitrogen functional groups attached to an aromatic ring is 1. The topological polar surface area (TPSA) is 75.4 Å². The molecule has 0 radical (unpaired) electrons. The fraction of sp³-hybridized carbons (Fsp3) is 0.429. The molecule has 3 N–H and O–H groups in total. The average Bonchev–Trinajstić information content (AvgIpc) is 2.95. The number of rotatable bonds is 4. The summed E-state index contributed by atoms with van der Waals surface area (Å²) in [4.78, 5) is 25.6. The van der Waals surface area contributed by atoms with Gasteiger partial charge in [0.05, 0.1) is 16.3 Å². The normalized spacial score (nSPS) is 14.3. The maximum Gasteiger partial charge on any atom is 0.253 e. The Morgan fingerprint density at radius 1 is 1.30 bits per heavy atom. The lowest BCUT2D eigenvalue weighted by Crippen LogP contribution is -2.32. The van der Waals surface area contributed by atoms with Crippen LogP contribution in [-0.2, 0) is 4.79 Å². The molecule has 0 unspecified atom stereocenters. The van der Waals surface area contributed by atoms with Gasteiger partial charge in [-0.25, -0.2) is 0 Å². The first-order valence-electron chi connectivity index (χ1n) is 6.69. The molecule has 1 aliphatic heterocycles. The highest BCUT2D eigenvalue weighted by Gasteiger charge is 2.18. The van der Waals surface area contributed by atoms with Gasteiger partial charge in [-0.05, 0) is 25.0 Å². The Morgan fingerprint density at radius 2 is 2.00 bits per heavy atom. The first-order chi connectivity index (χ1) is 9.59. The molecule has 1 aromatic carbocycles. The minimum absolute atomic E-state index is 0.0851. The maximum atomic E-state index is 11.9. The molecule has 1 fully saturated rings. The Balaban J connectivity index is 1.83. The third-order valence-electron chi connectivity index (χ3n) is 3.38. The molecular formula is C14H18ClN3O2. The molecule has 5 nitrogen and oxygen atoms in total. The van der Waals surface area contributed by atoms with Gasteiger partial charge >= 0.3 is 0 Å². The van der Waals surface area contributed by atoms with Crippen molar-refractivity contribution in [3.63, 3.8) is 0 Å². The van der Waals surface area contributed by atoms with Gasteiger partial charge in [-0.3, -0.25) is 9.59 Å². The predicted octanol–water partition coefficient (Wildman–Crippen LogP) is 1.66. The summed E-state index contributed by atoms with van der Waals surface area (Å²) < 4.78 is 0. The van der Waals surface area contributed by atoms with Crippen LogP contribution in [0.4, 0.5) is 5.69 Å². The monoisotopic (exact) mass is 295 g/mol. The van der Waals surface area contributed by atoms with Crippen LogP contribution in [0.25, 0.3) is 0 Å². The summed E-state index contributed by atoms with van der Waals surface area (Å²) >= 11 is 5.86. The van der Waals surface area contributed by atoms with E-state index in [1.165, 1.54) is 0 Å². The number of hydrogen-bond acceptors (Lipinski definition) is 3. The number of carbonyl (C=O) groups excluding carboxylic acids is 2. The molecule has 2 amide bonds. The van der Waals surface area contributed by atoms with Crippen LogP contribution >= 0.6 is 11.6 Å². The van der Waals surface area contributed by atoms with Crippen molar-refractivity contribution < 1.29 is 9.59 Å². The van der Waals surface area contributed by atoms with E-state index < -0.39 is 0 Å². The van der Waals surface area contributed by atoms with Gasteiger partial charge in [0, 0.05) is 26.1 Å². The zero-order valence-corrected chi connectivity index (χ0v) is 11.9. The summed E-state index contributed by atoms with van der Waals surface area (Å²) in [5, 5.41) is 3.05. The summed E-state index contributed by atoms with van der Waals surface area (Å²) in [7, 11) is 0. The third-order valence-corrected chi connectivity index (χ3v) is 3.71. The van der Waals surface area contributed by atoms with E-state index in [1.807, 2.05) is 4.90 Å². The van der Waals surface area contributed by atoms with E-state index in [1.54, 1.807) is 18.2 Å². The van der Waals surface area contributed by atoms with E-state index in [0.717, 1.165) is 25.9 Å². The number of para-hydroxylation sites is 1. The molecule has 0 spiro atoms. The number of amides is 2. The number of nitrogens with two attached hydrogens (primary N) is 1. The maximum absolute atomic E-state index is 11.9. The van der Waals surface area contributed by atoms with Crippen LogP contribution in [0.1, 0.15) is 29.6 Å². The van der Waals surface area contributed by atoms with Gasteiger partial charge in [0.1, 0.15) is 0 Å². The number of hydrogen-bond donors (Lipinski definition) is 2. The second kappa shape index (κ2) is 6.61. The number of anilines is 1. The number of halogens is 1. The summed E-state index contributed by atoms with van der Waals surface area (Å²) in [5.41, 5.74) is 6.35. The Morgan fingerprint density at radius 3 is 2.70 bits per heavy atom. The third kappa shape index (κ3) is 3.42. The first-order valence-corrected chi connectivity index (χ1v) is 7.07. The van der Waals surface area contributed by atoms with E-state index in [9.17, 15) is 9.59 Å². The first kappa shape index (κ1) is 14.7. The molecule has 1 heterocycles. The highest BCUT2D eigenvalue weighted by Crippen LogP contribution is 2.22. The molecule has 0 aromatic heterocycles. The van der Waals surface area contributed by atoms with E-state index in [4.69, 9.17) is 17.3 Å². The lowest BCUT2D eigenvalue weighted by atomic mass is 10.1. The molecule has 1 aromatic rings. The van der Waals surface area contributed by atoms with Crippen molar-refractivity contribution >= 4 is 29.1 Å². The summed E-state index contributed by atoms with van der Waals surface area (Å²) in [6, 6.07) is 4.91. The van der Waals surface area contributed by atoms with Gasteiger partial charge in [0.25, 0.3) is 5.91 Å². The molecule has 108 valence electrons. The van der Waals surface area contributed by atoms with Gasteiger partial charge in [-0.1, -0.05) is 17.7 Å². The number of nitrogens with one attached hydrogen (secondary N) is 1. The van der Waals surface area contributed by atoms with Gasteiger partial charge in [-0.15, -0.1) is 0 Å². The van der Waals surface area contributed by atoms with Gasteiger partial charge in [-0.2, -0.15) is 0 Å². The highest BCUT2D eigenvalue weighted by atomic mass is 35.5. The van der Waals surface area contributed by atoms with Crippen molar-refractivity contribution in [2.24, 2.45) is 0 Å². The molecule has 0 aliphatic carbocycles. The van der Waals surface area contributed by atoms with Crippen molar-refractivity contribution in [1.29, 1.82) is 0 Å². The summed E-state index contributed by atoms with van der Waals surface area (Å²) in [6.45, 7) is 1.96. The Bertz CT molecular complexity index is 513. The van der Waals surface area contributed by atoms with Crippen LogP contribution < -0.4 is 11.1 Å². The number of nitrogens with zero attached hydrogens (tertiary/aromatic N) is 1. The van der Waals surface area contributed by atoms with Crippen molar-refractivity contribution in [2.45, 2.75) is 19.3 Å². The Labute approximate surface area is 123 Å². The Kier molecular flexibility index (Phi) is 4.84. The SMILES string of the molecule is Nc1c(Cl)cccc1C(=O)NCCC(=O)N1CCCC1. The molecule has 20 heavy (non-hydrogen) atoms. The standard InChI is InChI=1S/C14H18ClN3O2/c15-11-5-3-4-10(13(11)16)14(20)17-7-6-12(19)18-8-1-2-9-18/h3-5H,1-2,6-9,16H2,(H,17,20). The van der Waals surface area contributed by atoms with Gasteiger partial charge in [0.2, 0.25) is 5.91 Å². The van der Waals surface area contributed by atoms with Crippen molar-refractivity contribution in [3.8, 4) is 0 Å². The smallest absolute Gasteiger partial charge is 0.253 e. The van der Waals surface area contributed by atoms with Crippen molar-refractivity contribution in [2.75, 3.05) is 25.4 Å². The summed E-state index contributed by atoms with van der Waals surface area (Å²) in [5.74, 6) is -0.221. The minimum atomic E-state index is -0.306. The largest absolute Gasteiger partial charge is 0.397 e. The number of benzene rings is 1. The van der Waals surface area contributed by atoms with Gasteiger partial charge < -0.3 is 16.0 Å². The fourth-order valence-corrected chi connectivity index (χ4v) is 2.41. The van der Waals surface area contributed by atoms with E-state index in [-0.39, 0.29) is 17.5 Å². The van der Waals surface area contributed by atoms with E-state index >= 15 is 0 Å². The molecule has 0 saturated carbocycles. The van der Waals surface area contributed by atoms with Crippen LogP contribution in [0.2, 0.25) is 5.02 Å². The quantitative estimate of drug-likeness (QED) is 0.830. The second-order valence-electron chi connectivity index (χ2n) is 4.79. The minimum Gasteiger partial charge on any atom is -0.397 e. The molecule has 1 saturated heterocycles. The average molecular weight is 296 g/mol. The fourth-order valence-electron chi connectivity index (χ4n) is 2.24. The van der Waals surface area contributed by atoms with Crippen molar-refractivity contribution in [1.82, 2.24) is 10.2 Å². The van der Waals surface area contributed by atoms with Crippen LogP contribution in [0.5, 0.6) is 0 Å². The lowest BCUT2D eigenvalue weighted by Gasteiger charge is -2.15. The molecule has 0 atom stereocenters. The van der Waals surface area contributed by atoms with Crippen LogP contribution in [0.3, 0.4) is 0 Å². The number of carbonyl (C=O) groups is 2. The highest BCUT2D eigenvalue weighted by molar-refractivity contribution is 6.33. The van der Waals surface area contributed by atoms with Crippen molar-refractivity contribution in [3.05, 3.63) is 28.8 Å². The molecule has 2 rings (SSSR count). The zero-order valence-electron chi connectivity index (χ0n) is 11.2. The Hall–Kier alpha value is -1.75. The van der Waals surface area contributed by atoms with Crippen LogP contribution in [0.15, 0.2) is 18.2 Å². The molecular weight excluding hydrogens is 278 g/mol. The zero-order chi connectivity index (χ0) is 14.5. The van der Waals surface area contributed by atoms with Gasteiger partial charge in [0.15, 0.2) is 0 Å². The van der Waals surface area contributed by atoms with E-state index in [2.05, 4.69) is 5.32 Å². The second-order valence-corrected chi connectivity index (χ2v) is 5.20. The molecule has 6 heteroatoms. The molecule has 1 aliphatic rings. The molecule has 0 bridgehead atoms. The summed E-state index contributed by atoms with van der Waals surface area (Å²) in [6.07, 6.45) is 2.44. The van der Waals surface area contributed by atoms with Crippen LogP contribution in [0, 0.1) is 0 Å². The lowest BCUT2D eigenvalue weighted by molar-refractivity contribution is -0.129. The predicted molar refractivity (Wildman–Crippen MR) is 78.6 cm³/mol.